The third kappa shape index (κ3) is 4.59. The van der Waals surface area contributed by atoms with Crippen molar-refractivity contribution >= 4 is 33.5 Å². The van der Waals surface area contributed by atoms with Gasteiger partial charge in [-0.05, 0) is 44.2 Å². The Morgan fingerprint density at radius 1 is 1.12 bits per heavy atom. The maximum atomic E-state index is 12.5. The van der Waals surface area contributed by atoms with Gasteiger partial charge in [0.05, 0.1) is 10.8 Å². The summed E-state index contributed by atoms with van der Waals surface area (Å²) in [5, 5.41) is 6.42. The third-order valence-electron chi connectivity index (χ3n) is 4.84. The molecule has 1 fully saturated rings. The molecule has 0 aliphatic carbocycles. The number of aryl methyl sites for hydroxylation is 2. The number of anilines is 2. The highest BCUT2D eigenvalue weighted by Crippen LogP contribution is 2.22. The van der Waals surface area contributed by atoms with Crippen LogP contribution >= 0.6 is 0 Å². The van der Waals surface area contributed by atoms with Gasteiger partial charge in [-0.15, -0.1) is 0 Å². The molecule has 3 heterocycles. The summed E-state index contributed by atoms with van der Waals surface area (Å²) in [6, 6.07) is 8.92. The first kappa shape index (κ1) is 21.4. The molecule has 1 saturated heterocycles. The molecule has 0 saturated carbocycles. The van der Waals surface area contributed by atoms with Crippen molar-refractivity contribution in [2.24, 2.45) is 5.92 Å². The Balaban J connectivity index is 1.33. The quantitative estimate of drug-likeness (QED) is 0.568. The van der Waals surface area contributed by atoms with Gasteiger partial charge in [0.15, 0.2) is 5.69 Å². The van der Waals surface area contributed by atoms with Gasteiger partial charge in [-0.25, -0.2) is 23.1 Å². The second-order valence-corrected chi connectivity index (χ2v) is 9.05. The number of carbonyl (C=O) groups excluding carboxylic acids is 2. The zero-order chi connectivity index (χ0) is 22.9. The summed E-state index contributed by atoms with van der Waals surface area (Å²) < 4.78 is 32.2. The summed E-state index contributed by atoms with van der Waals surface area (Å²) in [5.74, 6) is -0.393. The van der Waals surface area contributed by atoms with E-state index in [4.69, 9.17) is 4.52 Å². The Labute approximate surface area is 183 Å². The van der Waals surface area contributed by atoms with Crippen LogP contribution in [-0.2, 0) is 14.8 Å². The smallest absolute Gasteiger partial charge is 0.276 e. The van der Waals surface area contributed by atoms with Crippen molar-refractivity contribution in [1.82, 2.24) is 20.0 Å². The fraction of sp³-hybridized carbons (Fsp3) is 0.250. The van der Waals surface area contributed by atoms with Gasteiger partial charge < -0.3 is 14.7 Å². The molecule has 0 spiro atoms. The van der Waals surface area contributed by atoms with E-state index in [0.717, 1.165) is 0 Å². The average Bonchev–Trinajstić information content (AvgIpc) is 3.13. The highest BCUT2D eigenvalue weighted by atomic mass is 32.2. The first-order valence-corrected chi connectivity index (χ1v) is 11.2. The van der Waals surface area contributed by atoms with E-state index in [9.17, 15) is 18.0 Å². The summed E-state index contributed by atoms with van der Waals surface area (Å²) in [4.78, 5) is 34.1. The summed E-state index contributed by atoms with van der Waals surface area (Å²) in [6.07, 6.45) is 1.46. The molecule has 4 rings (SSSR count). The van der Waals surface area contributed by atoms with Crippen molar-refractivity contribution in [2.45, 2.75) is 18.7 Å². The lowest BCUT2D eigenvalue weighted by Gasteiger charge is -2.37. The Kier molecular flexibility index (Phi) is 5.61. The largest absolute Gasteiger partial charge is 0.361 e. The Hall–Kier alpha value is -3.80. The second-order valence-electron chi connectivity index (χ2n) is 7.37. The minimum Gasteiger partial charge on any atom is -0.361 e. The zero-order valence-corrected chi connectivity index (χ0v) is 18.1. The van der Waals surface area contributed by atoms with Crippen molar-refractivity contribution < 1.29 is 22.5 Å². The maximum absolute atomic E-state index is 12.5. The molecular weight excluding hydrogens is 436 g/mol. The van der Waals surface area contributed by atoms with Gasteiger partial charge in [-0.1, -0.05) is 5.16 Å². The molecule has 2 aromatic heterocycles. The lowest BCUT2D eigenvalue weighted by Crippen LogP contribution is -2.54. The van der Waals surface area contributed by atoms with Crippen molar-refractivity contribution in [1.29, 1.82) is 0 Å². The molecule has 32 heavy (non-hydrogen) atoms. The van der Waals surface area contributed by atoms with E-state index < -0.39 is 10.0 Å². The van der Waals surface area contributed by atoms with Gasteiger partial charge in [0.2, 0.25) is 11.9 Å². The van der Waals surface area contributed by atoms with Crippen LogP contribution in [0.4, 0.5) is 11.6 Å². The molecule has 2 amide bonds. The van der Waals surface area contributed by atoms with Crippen LogP contribution < -0.4 is 10.0 Å². The number of hydrogen-bond donors (Lipinski definition) is 2. The van der Waals surface area contributed by atoms with Crippen LogP contribution in [0.15, 0.2) is 52.0 Å². The van der Waals surface area contributed by atoms with E-state index in [2.05, 4.69) is 25.2 Å². The zero-order valence-electron chi connectivity index (χ0n) is 17.3. The first-order chi connectivity index (χ1) is 15.2. The predicted molar refractivity (Wildman–Crippen MR) is 113 cm³/mol. The highest BCUT2D eigenvalue weighted by molar-refractivity contribution is 7.92. The Bertz CT molecular complexity index is 1270. The summed E-state index contributed by atoms with van der Waals surface area (Å²) >= 11 is 0. The second kappa shape index (κ2) is 8.38. The molecule has 11 nitrogen and oxygen atoms in total. The predicted octanol–water partition coefficient (Wildman–Crippen LogP) is 1.59. The van der Waals surface area contributed by atoms with E-state index in [-0.39, 0.29) is 47.4 Å². The van der Waals surface area contributed by atoms with Crippen molar-refractivity contribution in [3.05, 3.63) is 59.7 Å². The van der Waals surface area contributed by atoms with E-state index in [1.807, 2.05) is 0 Å². The number of hydrogen-bond acceptors (Lipinski definition) is 8. The van der Waals surface area contributed by atoms with Crippen LogP contribution in [0.25, 0.3) is 0 Å². The molecule has 0 bridgehead atoms. The van der Waals surface area contributed by atoms with Crippen LogP contribution in [-0.4, -0.2) is 53.3 Å². The van der Waals surface area contributed by atoms with Gasteiger partial charge in [0.25, 0.3) is 15.9 Å². The van der Waals surface area contributed by atoms with Gasteiger partial charge in [-0.2, -0.15) is 0 Å². The van der Waals surface area contributed by atoms with Gasteiger partial charge in [0, 0.05) is 36.7 Å². The normalized spacial score (nSPS) is 14.0. The molecule has 0 atom stereocenters. The highest BCUT2D eigenvalue weighted by Gasteiger charge is 2.37. The SMILES string of the molecule is Cc1ccnc(NS(=O)(=O)c2ccc(NC(=O)C3CN(C(=O)c4cc(C)on4)C3)cc2)n1. The van der Waals surface area contributed by atoms with Crippen molar-refractivity contribution in [3.63, 3.8) is 0 Å². The number of benzene rings is 1. The Morgan fingerprint density at radius 3 is 2.47 bits per heavy atom. The number of amides is 2. The van der Waals surface area contributed by atoms with E-state index in [1.165, 1.54) is 35.4 Å². The summed E-state index contributed by atoms with van der Waals surface area (Å²) in [5.41, 5.74) is 1.28. The Morgan fingerprint density at radius 2 is 1.84 bits per heavy atom. The lowest BCUT2D eigenvalue weighted by molar-refractivity contribution is -0.123. The van der Waals surface area contributed by atoms with Crippen LogP contribution in [0.3, 0.4) is 0 Å². The monoisotopic (exact) mass is 456 g/mol. The molecule has 0 unspecified atom stereocenters. The molecule has 1 aromatic carbocycles. The minimum atomic E-state index is -3.87. The molecule has 1 aliphatic rings. The maximum Gasteiger partial charge on any atom is 0.276 e. The van der Waals surface area contributed by atoms with Gasteiger partial charge in [0.1, 0.15) is 5.76 Å². The van der Waals surface area contributed by atoms with Crippen LogP contribution in [0.2, 0.25) is 0 Å². The fourth-order valence-electron chi connectivity index (χ4n) is 3.08. The molecule has 2 N–H and O–H groups in total. The summed E-state index contributed by atoms with van der Waals surface area (Å²) in [7, 11) is -3.87. The molecular formula is C20H20N6O5S. The van der Waals surface area contributed by atoms with Crippen LogP contribution in [0.5, 0.6) is 0 Å². The van der Waals surface area contributed by atoms with E-state index in [1.54, 1.807) is 26.0 Å². The number of sulfonamides is 1. The molecule has 1 aliphatic heterocycles. The van der Waals surface area contributed by atoms with Crippen molar-refractivity contribution in [2.75, 3.05) is 23.1 Å². The molecule has 0 radical (unpaired) electrons. The lowest BCUT2D eigenvalue weighted by atomic mass is 9.98. The number of nitrogens with one attached hydrogen (secondary N) is 2. The third-order valence-corrected chi connectivity index (χ3v) is 6.18. The van der Waals surface area contributed by atoms with E-state index >= 15 is 0 Å². The number of nitrogens with zero attached hydrogens (tertiary/aromatic N) is 4. The number of carbonyl (C=O) groups is 2. The average molecular weight is 456 g/mol. The van der Waals surface area contributed by atoms with Gasteiger partial charge >= 0.3 is 0 Å². The van der Waals surface area contributed by atoms with Crippen LogP contribution in [0.1, 0.15) is 21.9 Å². The topological polar surface area (TPSA) is 147 Å². The molecule has 3 aromatic rings. The van der Waals surface area contributed by atoms with Crippen molar-refractivity contribution in [3.8, 4) is 0 Å². The van der Waals surface area contributed by atoms with Crippen LogP contribution in [0, 0.1) is 19.8 Å². The number of likely N-dealkylation sites (tertiary alicyclic amines) is 1. The minimum absolute atomic E-state index is 0.00364. The first-order valence-electron chi connectivity index (χ1n) is 9.67. The summed E-state index contributed by atoms with van der Waals surface area (Å²) in [6.45, 7) is 3.95. The number of aromatic nitrogens is 3. The van der Waals surface area contributed by atoms with E-state index in [0.29, 0.717) is 17.1 Å². The number of rotatable bonds is 6. The van der Waals surface area contributed by atoms with Gasteiger partial charge in [-0.3, -0.25) is 9.59 Å². The fourth-order valence-corrected chi connectivity index (χ4v) is 4.03. The standard InChI is InChI=1S/C20H20N6O5S/c1-12-7-8-21-20(22-12)25-32(29,30)16-5-3-15(4-6-16)23-18(27)14-10-26(11-14)19(28)17-9-13(2)31-24-17/h3-9,14H,10-11H2,1-2H3,(H,23,27)(H,21,22,25). The molecule has 12 heteroatoms. The molecule has 166 valence electrons.